The second kappa shape index (κ2) is 8.68. The molecular weight excluding hydrogens is 462 g/mol. The van der Waals surface area contributed by atoms with Gasteiger partial charge in [-0.15, -0.1) is 0 Å². The first-order valence-electron chi connectivity index (χ1n) is 11.9. The molecule has 186 valence electrons. The summed E-state index contributed by atoms with van der Waals surface area (Å²) in [6.07, 6.45) is 6.86. The van der Waals surface area contributed by atoms with E-state index in [0.717, 1.165) is 45.6 Å². The Labute approximate surface area is 207 Å². The summed E-state index contributed by atoms with van der Waals surface area (Å²) in [5.41, 5.74) is 3.89. The fourth-order valence-corrected chi connectivity index (χ4v) is 5.02. The maximum atomic E-state index is 11.6. The van der Waals surface area contributed by atoms with Crippen molar-refractivity contribution in [2.45, 2.75) is 32.0 Å². The van der Waals surface area contributed by atoms with Crippen LogP contribution in [0.4, 0.5) is 5.82 Å². The average Bonchev–Trinajstić information content (AvgIpc) is 3.57. The number of amides is 1. The molecule has 2 aliphatic rings. The molecule has 6 rings (SSSR count). The molecule has 6 heterocycles. The molecule has 0 aliphatic carbocycles. The van der Waals surface area contributed by atoms with Gasteiger partial charge in [0.25, 0.3) is 0 Å². The van der Waals surface area contributed by atoms with E-state index in [1.807, 2.05) is 37.0 Å². The third kappa shape index (κ3) is 3.90. The third-order valence-corrected chi connectivity index (χ3v) is 6.69. The predicted octanol–water partition coefficient (Wildman–Crippen LogP) is 2.49. The maximum absolute atomic E-state index is 11.6. The molecule has 1 atom stereocenters. The Bertz CT molecular complexity index is 1470. The van der Waals surface area contributed by atoms with E-state index in [1.54, 1.807) is 17.2 Å². The van der Waals surface area contributed by atoms with Crippen LogP contribution >= 0.6 is 0 Å². The van der Waals surface area contributed by atoms with E-state index in [-0.39, 0.29) is 12.5 Å². The first kappa shape index (κ1) is 22.6. The molecule has 1 saturated heterocycles. The minimum absolute atomic E-state index is 0.176. The van der Waals surface area contributed by atoms with Gasteiger partial charge in [-0.2, -0.15) is 5.10 Å². The SMILES string of the molecule is CC(=O)Nc1cc2c(-c3cc(OCc4ncn(C)n4)c4c(n3)C3(CCOC3)OCC4)cn(C)c2cn1. The second-order valence-corrected chi connectivity index (χ2v) is 9.27. The molecule has 4 aromatic heterocycles. The van der Waals surface area contributed by atoms with Crippen LogP contribution in [0, 0.1) is 0 Å². The van der Waals surface area contributed by atoms with Crippen LogP contribution in [-0.2, 0) is 47.0 Å². The van der Waals surface area contributed by atoms with Gasteiger partial charge in [0.05, 0.1) is 36.3 Å². The number of pyridine rings is 2. The van der Waals surface area contributed by atoms with Gasteiger partial charge in [0.2, 0.25) is 5.91 Å². The molecule has 1 unspecified atom stereocenters. The molecule has 11 heteroatoms. The minimum atomic E-state index is -0.585. The number of ether oxygens (including phenoxy) is 3. The fourth-order valence-electron chi connectivity index (χ4n) is 5.02. The highest BCUT2D eigenvalue weighted by molar-refractivity contribution is 5.98. The summed E-state index contributed by atoms with van der Waals surface area (Å²) in [4.78, 5) is 25.4. The lowest BCUT2D eigenvalue weighted by Gasteiger charge is -2.34. The van der Waals surface area contributed by atoms with Crippen LogP contribution in [0.25, 0.3) is 22.2 Å². The third-order valence-electron chi connectivity index (χ3n) is 6.69. The van der Waals surface area contributed by atoms with Crippen LogP contribution in [0.1, 0.15) is 30.4 Å². The summed E-state index contributed by atoms with van der Waals surface area (Å²) in [6, 6.07) is 3.85. The topological polar surface area (TPSA) is 118 Å². The molecule has 0 saturated carbocycles. The van der Waals surface area contributed by atoms with Crippen molar-refractivity contribution < 1.29 is 19.0 Å². The summed E-state index contributed by atoms with van der Waals surface area (Å²) in [5.74, 6) is 1.66. The van der Waals surface area contributed by atoms with Gasteiger partial charge in [-0.1, -0.05) is 0 Å². The summed E-state index contributed by atoms with van der Waals surface area (Å²) >= 11 is 0. The number of hydrogen-bond donors (Lipinski definition) is 1. The van der Waals surface area contributed by atoms with Crippen molar-refractivity contribution in [1.82, 2.24) is 29.3 Å². The van der Waals surface area contributed by atoms with Crippen molar-refractivity contribution in [3.8, 4) is 17.0 Å². The summed E-state index contributed by atoms with van der Waals surface area (Å²) < 4.78 is 22.0. The molecule has 2 aliphatic heterocycles. The van der Waals surface area contributed by atoms with E-state index in [2.05, 4.69) is 20.4 Å². The summed E-state index contributed by atoms with van der Waals surface area (Å²) in [6.45, 7) is 3.37. The molecule has 1 N–H and O–H groups in total. The molecule has 36 heavy (non-hydrogen) atoms. The normalized spacial score (nSPS) is 19.1. The zero-order valence-electron chi connectivity index (χ0n) is 20.4. The van der Waals surface area contributed by atoms with Gasteiger partial charge in [0.1, 0.15) is 30.1 Å². The van der Waals surface area contributed by atoms with Crippen LogP contribution < -0.4 is 10.1 Å². The van der Waals surface area contributed by atoms with E-state index in [9.17, 15) is 4.79 Å². The predicted molar refractivity (Wildman–Crippen MR) is 130 cm³/mol. The highest BCUT2D eigenvalue weighted by Crippen LogP contribution is 2.44. The van der Waals surface area contributed by atoms with Crippen molar-refractivity contribution in [1.29, 1.82) is 0 Å². The van der Waals surface area contributed by atoms with Gasteiger partial charge in [-0.3, -0.25) is 9.48 Å². The number of anilines is 1. The fraction of sp³-hybridized carbons (Fsp3) is 0.400. The number of aromatic nitrogens is 6. The van der Waals surface area contributed by atoms with Crippen molar-refractivity contribution in [3.05, 3.63) is 47.9 Å². The Morgan fingerprint density at radius 2 is 2.14 bits per heavy atom. The first-order valence-corrected chi connectivity index (χ1v) is 11.9. The van der Waals surface area contributed by atoms with Crippen LogP contribution in [0.3, 0.4) is 0 Å². The first-order chi connectivity index (χ1) is 17.4. The van der Waals surface area contributed by atoms with Gasteiger partial charge in [0.15, 0.2) is 5.82 Å². The van der Waals surface area contributed by atoms with Crippen LogP contribution in [-0.4, -0.2) is 55.0 Å². The molecule has 1 spiro atoms. The second-order valence-electron chi connectivity index (χ2n) is 9.27. The molecule has 0 radical (unpaired) electrons. The number of nitrogens with one attached hydrogen (secondary N) is 1. The quantitative estimate of drug-likeness (QED) is 0.454. The lowest BCUT2D eigenvalue weighted by Crippen LogP contribution is -2.37. The summed E-state index contributed by atoms with van der Waals surface area (Å²) in [5, 5.41) is 8.04. The Kier molecular flexibility index (Phi) is 5.45. The van der Waals surface area contributed by atoms with E-state index in [4.69, 9.17) is 19.2 Å². The van der Waals surface area contributed by atoms with Crippen molar-refractivity contribution in [3.63, 3.8) is 0 Å². The molecule has 0 bridgehead atoms. The largest absolute Gasteiger partial charge is 0.485 e. The number of fused-ring (bicyclic) bond motifs is 3. The molecular formula is C25H27N7O4. The highest BCUT2D eigenvalue weighted by atomic mass is 16.6. The standard InChI is InChI=1S/C25H27N7O4/c1-15(33)28-22-8-17-18(11-31(2)20(17)10-26-22)19-9-21(35-12-23-27-14-32(3)30-23)16-4-6-36-25(24(16)29-19)5-7-34-13-25/h8-11,14H,4-7,12-13H2,1-3H3,(H,26,28,33). The maximum Gasteiger partial charge on any atom is 0.222 e. The van der Waals surface area contributed by atoms with Gasteiger partial charge < -0.3 is 24.1 Å². The number of carbonyl (C=O) groups excluding carboxylic acids is 1. The van der Waals surface area contributed by atoms with Gasteiger partial charge in [0, 0.05) is 69.2 Å². The van der Waals surface area contributed by atoms with Gasteiger partial charge >= 0.3 is 0 Å². The van der Waals surface area contributed by atoms with E-state index < -0.39 is 5.60 Å². The molecule has 1 fully saturated rings. The van der Waals surface area contributed by atoms with Crippen LogP contribution in [0.5, 0.6) is 5.75 Å². The Morgan fingerprint density at radius 3 is 2.89 bits per heavy atom. The Morgan fingerprint density at radius 1 is 1.25 bits per heavy atom. The minimum Gasteiger partial charge on any atom is -0.485 e. The number of rotatable bonds is 5. The van der Waals surface area contributed by atoms with Crippen molar-refractivity contribution in [2.24, 2.45) is 14.1 Å². The van der Waals surface area contributed by atoms with Crippen molar-refractivity contribution >= 4 is 22.6 Å². The number of carbonyl (C=O) groups is 1. The summed E-state index contributed by atoms with van der Waals surface area (Å²) in [7, 11) is 3.79. The molecule has 1 amide bonds. The average molecular weight is 490 g/mol. The lowest BCUT2D eigenvalue weighted by atomic mass is 9.89. The lowest BCUT2D eigenvalue weighted by molar-refractivity contribution is -0.114. The molecule has 0 aromatic carbocycles. The number of aryl methyl sites for hydroxylation is 2. The monoisotopic (exact) mass is 489 g/mol. The zero-order valence-corrected chi connectivity index (χ0v) is 20.4. The van der Waals surface area contributed by atoms with Crippen LogP contribution in [0.2, 0.25) is 0 Å². The zero-order chi connectivity index (χ0) is 24.9. The smallest absolute Gasteiger partial charge is 0.222 e. The highest BCUT2D eigenvalue weighted by Gasteiger charge is 2.44. The number of nitrogens with zero attached hydrogens (tertiary/aromatic N) is 6. The number of hydrogen-bond acceptors (Lipinski definition) is 8. The van der Waals surface area contributed by atoms with Gasteiger partial charge in [-0.25, -0.2) is 15.0 Å². The molecule has 11 nitrogen and oxygen atoms in total. The van der Waals surface area contributed by atoms with E-state index in [0.29, 0.717) is 37.9 Å². The van der Waals surface area contributed by atoms with Gasteiger partial charge in [-0.05, 0) is 6.07 Å². The van der Waals surface area contributed by atoms with Crippen LogP contribution in [0.15, 0.2) is 30.9 Å². The Balaban J connectivity index is 1.50. The molecule has 4 aromatic rings. The van der Waals surface area contributed by atoms with E-state index in [1.165, 1.54) is 6.92 Å². The van der Waals surface area contributed by atoms with E-state index >= 15 is 0 Å². The Hall–Kier alpha value is -3.83. The van der Waals surface area contributed by atoms with Crippen molar-refractivity contribution in [2.75, 3.05) is 25.1 Å².